The van der Waals surface area contributed by atoms with Gasteiger partial charge in [-0.15, -0.1) is 10.2 Å². The molecule has 1 aromatic carbocycles. The Morgan fingerprint density at radius 3 is 2.76 bits per heavy atom. The molecule has 0 unspecified atom stereocenters. The normalized spacial score (nSPS) is 18.1. The van der Waals surface area contributed by atoms with Crippen molar-refractivity contribution in [2.45, 2.75) is 28.9 Å². The van der Waals surface area contributed by atoms with Crippen LogP contribution in [0.15, 0.2) is 28.6 Å². The largest absolute Gasteiger partial charge is 0.363 e. The number of hydrogen-bond acceptors (Lipinski definition) is 7. The molecule has 2 heterocycles. The van der Waals surface area contributed by atoms with Gasteiger partial charge in [0.2, 0.25) is 11.0 Å². The SMILES string of the molecule is CNc1nnc(S[C@H]2CCCCN(C(=O)c3ccc(F)cc3)C2=O)s1. The molecule has 1 aromatic heterocycles. The number of halogens is 1. The van der Waals surface area contributed by atoms with E-state index in [1.165, 1.54) is 52.3 Å². The van der Waals surface area contributed by atoms with Crippen LogP contribution in [0.1, 0.15) is 29.6 Å². The van der Waals surface area contributed by atoms with Crippen molar-refractivity contribution >= 4 is 40.0 Å². The van der Waals surface area contributed by atoms with Crippen LogP contribution in [0.4, 0.5) is 9.52 Å². The maximum Gasteiger partial charge on any atom is 0.260 e. The number of hydrogen-bond donors (Lipinski definition) is 1. The first-order valence-corrected chi connectivity index (χ1v) is 9.57. The molecule has 132 valence electrons. The van der Waals surface area contributed by atoms with Crippen molar-refractivity contribution in [1.29, 1.82) is 0 Å². The lowest BCUT2D eigenvalue weighted by molar-refractivity contribution is -0.127. The molecule has 1 atom stereocenters. The van der Waals surface area contributed by atoms with Crippen molar-refractivity contribution in [3.05, 3.63) is 35.6 Å². The molecule has 25 heavy (non-hydrogen) atoms. The predicted molar refractivity (Wildman–Crippen MR) is 95.4 cm³/mol. The van der Waals surface area contributed by atoms with Gasteiger partial charge in [0.1, 0.15) is 5.82 Å². The van der Waals surface area contributed by atoms with Gasteiger partial charge in [-0.05, 0) is 37.1 Å². The number of imide groups is 1. The smallest absolute Gasteiger partial charge is 0.260 e. The topological polar surface area (TPSA) is 75.2 Å². The number of benzene rings is 1. The fourth-order valence-electron chi connectivity index (χ4n) is 2.55. The van der Waals surface area contributed by atoms with E-state index in [0.717, 1.165) is 12.8 Å². The molecule has 3 rings (SSSR count). The van der Waals surface area contributed by atoms with Crippen molar-refractivity contribution in [1.82, 2.24) is 15.1 Å². The molecule has 1 saturated heterocycles. The van der Waals surface area contributed by atoms with Crippen LogP contribution in [-0.4, -0.2) is 45.8 Å². The number of likely N-dealkylation sites (tertiary alicyclic amines) is 1. The first-order valence-electron chi connectivity index (χ1n) is 7.87. The van der Waals surface area contributed by atoms with Gasteiger partial charge < -0.3 is 5.32 Å². The third kappa shape index (κ3) is 4.16. The van der Waals surface area contributed by atoms with Crippen molar-refractivity contribution in [2.24, 2.45) is 0 Å². The van der Waals surface area contributed by atoms with Gasteiger partial charge in [-0.1, -0.05) is 29.5 Å². The molecule has 1 aliphatic heterocycles. The first-order chi connectivity index (χ1) is 12.1. The van der Waals surface area contributed by atoms with E-state index in [2.05, 4.69) is 15.5 Å². The lowest BCUT2D eigenvalue weighted by Gasteiger charge is -2.21. The standard InChI is InChI=1S/C16H17FN4O2S2/c1-18-15-19-20-16(25-15)24-12-4-2-3-9-21(14(12)23)13(22)10-5-7-11(17)8-6-10/h5-8,12H,2-4,9H2,1H3,(H,18,19)/t12-/m0/s1. The summed E-state index contributed by atoms with van der Waals surface area (Å²) in [5.41, 5.74) is 0.314. The summed E-state index contributed by atoms with van der Waals surface area (Å²) in [6.45, 7) is 0.379. The van der Waals surface area contributed by atoms with E-state index in [9.17, 15) is 14.0 Å². The summed E-state index contributed by atoms with van der Waals surface area (Å²) in [5, 5.41) is 11.2. The van der Waals surface area contributed by atoms with Crippen LogP contribution < -0.4 is 5.32 Å². The van der Waals surface area contributed by atoms with E-state index >= 15 is 0 Å². The number of amides is 2. The number of nitrogens with zero attached hydrogens (tertiary/aromatic N) is 3. The highest BCUT2D eigenvalue weighted by Crippen LogP contribution is 2.33. The second-order valence-electron chi connectivity index (χ2n) is 5.53. The zero-order valence-corrected chi connectivity index (χ0v) is 15.2. The molecule has 1 aliphatic rings. The van der Waals surface area contributed by atoms with Gasteiger partial charge in [0, 0.05) is 19.2 Å². The highest BCUT2D eigenvalue weighted by molar-refractivity contribution is 8.02. The van der Waals surface area contributed by atoms with Gasteiger partial charge in [-0.25, -0.2) is 4.39 Å². The van der Waals surface area contributed by atoms with E-state index in [-0.39, 0.29) is 17.1 Å². The van der Waals surface area contributed by atoms with Crippen LogP contribution in [0.5, 0.6) is 0 Å². The molecule has 0 aliphatic carbocycles. The number of carbonyl (C=O) groups is 2. The molecule has 9 heteroatoms. The van der Waals surface area contributed by atoms with E-state index < -0.39 is 5.82 Å². The van der Waals surface area contributed by atoms with Crippen LogP contribution in [-0.2, 0) is 4.79 Å². The summed E-state index contributed by atoms with van der Waals surface area (Å²) in [6, 6.07) is 5.26. The lowest BCUT2D eigenvalue weighted by Crippen LogP contribution is -2.41. The second-order valence-corrected chi connectivity index (χ2v) is 7.95. The van der Waals surface area contributed by atoms with Gasteiger partial charge in [-0.2, -0.15) is 0 Å². The molecule has 0 radical (unpaired) electrons. The van der Waals surface area contributed by atoms with Crippen LogP contribution in [0, 0.1) is 5.82 Å². The number of anilines is 1. The molecule has 0 saturated carbocycles. The summed E-state index contributed by atoms with van der Waals surface area (Å²) < 4.78 is 13.8. The maximum absolute atomic E-state index is 13.1. The molecule has 1 N–H and O–H groups in total. The van der Waals surface area contributed by atoms with Crippen molar-refractivity contribution in [3.8, 4) is 0 Å². The average Bonchev–Trinajstić information content (AvgIpc) is 3.00. The number of aromatic nitrogens is 2. The van der Waals surface area contributed by atoms with Gasteiger partial charge in [0.25, 0.3) is 5.91 Å². The summed E-state index contributed by atoms with van der Waals surface area (Å²) in [5.74, 6) is -1.02. The summed E-state index contributed by atoms with van der Waals surface area (Å²) in [7, 11) is 1.76. The van der Waals surface area contributed by atoms with Crippen LogP contribution >= 0.6 is 23.1 Å². The Hall–Kier alpha value is -2.00. The Morgan fingerprint density at radius 2 is 2.08 bits per heavy atom. The van der Waals surface area contributed by atoms with Gasteiger partial charge in [0.05, 0.1) is 5.25 Å². The number of nitrogens with one attached hydrogen (secondary N) is 1. The Labute approximate surface area is 152 Å². The third-order valence-corrected chi connectivity index (χ3v) is 6.12. The molecule has 0 spiro atoms. The second kappa shape index (κ2) is 7.92. The Bertz CT molecular complexity index is 766. The monoisotopic (exact) mass is 380 g/mol. The van der Waals surface area contributed by atoms with E-state index in [0.29, 0.717) is 28.0 Å². The zero-order valence-electron chi connectivity index (χ0n) is 13.6. The van der Waals surface area contributed by atoms with Gasteiger partial charge in [-0.3, -0.25) is 14.5 Å². The predicted octanol–water partition coefficient (Wildman–Crippen LogP) is 3.03. The Kier molecular flexibility index (Phi) is 5.64. The summed E-state index contributed by atoms with van der Waals surface area (Å²) in [6.07, 6.45) is 2.30. The molecule has 0 bridgehead atoms. The van der Waals surface area contributed by atoms with Crippen LogP contribution in [0.3, 0.4) is 0 Å². The minimum atomic E-state index is -0.413. The maximum atomic E-state index is 13.1. The van der Waals surface area contributed by atoms with Gasteiger partial charge >= 0.3 is 0 Å². The average molecular weight is 380 g/mol. The third-order valence-electron chi connectivity index (χ3n) is 3.84. The summed E-state index contributed by atoms with van der Waals surface area (Å²) >= 11 is 2.72. The molecular weight excluding hydrogens is 363 g/mol. The minimum absolute atomic E-state index is 0.224. The van der Waals surface area contributed by atoms with Crippen molar-refractivity contribution < 1.29 is 14.0 Å². The van der Waals surface area contributed by atoms with E-state index in [4.69, 9.17) is 0 Å². The number of rotatable bonds is 4. The molecular formula is C16H17FN4O2S2. The molecule has 1 fully saturated rings. The van der Waals surface area contributed by atoms with E-state index in [1.54, 1.807) is 7.05 Å². The van der Waals surface area contributed by atoms with Crippen molar-refractivity contribution in [2.75, 3.05) is 18.9 Å². The van der Waals surface area contributed by atoms with E-state index in [1.807, 2.05) is 0 Å². The molecule has 2 aromatic rings. The Morgan fingerprint density at radius 1 is 1.32 bits per heavy atom. The first kappa shape index (κ1) is 17.8. The van der Waals surface area contributed by atoms with Crippen molar-refractivity contribution in [3.63, 3.8) is 0 Å². The fraction of sp³-hybridized carbons (Fsp3) is 0.375. The Balaban J connectivity index is 1.76. The number of carbonyl (C=O) groups excluding carboxylic acids is 2. The van der Waals surface area contributed by atoms with Crippen LogP contribution in [0.2, 0.25) is 0 Å². The molecule has 2 amide bonds. The molecule has 6 nitrogen and oxygen atoms in total. The highest BCUT2D eigenvalue weighted by Gasteiger charge is 2.33. The quantitative estimate of drug-likeness (QED) is 0.822. The summed E-state index contributed by atoms with van der Waals surface area (Å²) in [4.78, 5) is 26.8. The minimum Gasteiger partial charge on any atom is -0.363 e. The highest BCUT2D eigenvalue weighted by atomic mass is 32.2. The number of thioether (sulfide) groups is 1. The zero-order chi connectivity index (χ0) is 17.8. The van der Waals surface area contributed by atoms with Gasteiger partial charge in [0.15, 0.2) is 4.34 Å². The fourth-order valence-corrected chi connectivity index (χ4v) is 4.60. The van der Waals surface area contributed by atoms with Crippen LogP contribution in [0.25, 0.3) is 0 Å². The lowest BCUT2D eigenvalue weighted by atomic mass is 10.2.